The lowest BCUT2D eigenvalue weighted by atomic mass is 10.1. The van der Waals surface area contributed by atoms with Gasteiger partial charge in [0.15, 0.2) is 0 Å². The van der Waals surface area contributed by atoms with Crippen LogP contribution in [0.1, 0.15) is 18.7 Å². The molecule has 21 heavy (non-hydrogen) atoms. The minimum absolute atomic E-state index is 0.0283. The molecule has 0 amide bonds. The molecule has 0 saturated carbocycles. The molecule has 0 bridgehead atoms. The summed E-state index contributed by atoms with van der Waals surface area (Å²) in [5.74, 6) is 0.226. The van der Waals surface area contributed by atoms with E-state index in [1.54, 1.807) is 10.6 Å². The highest BCUT2D eigenvalue weighted by Crippen LogP contribution is 2.31. The molecule has 0 aliphatic carbocycles. The van der Waals surface area contributed by atoms with E-state index < -0.39 is 9.84 Å². The van der Waals surface area contributed by atoms with Crippen LogP contribution in [0.15, 0.2) is 17.4 Å². The number of fused-ring (bicyclic) bond motifs is 1. The lowest BCUT2D eigenvalue weighted by Crippen LogP contribution is -2.17. The second-order valence-electron chi connectivity index (χ2n) is 5.30. The molecular weight excluding hydrogens is 292 g/mol. The van der Waals surface area contributed by atoms with Crippen molar-refractivity contribution in [3.05, 3.63) is 18.0 Å². The lowest BCUT2D eigenvalue weighted by Gasteiger charge is -2.17. The lowest BCUT2D eigenvalue weighted by molar-refractivity contribution is 0.182. The van der Waals surface area contributed by atoms with Gasteiger partial charge in [-0.1, -0.05) is 6.92 Å². The van der Waals surface area contributed by atoms with Crippen LogP contribution < -0.4 is 0 Å². The van der Waals surface area contributed by atoms with E-state index >= 15 is 0 Å². The Hall–Kier alpha value is -1.98. The molecule has 2 aromatic rings. The number of nitrogens with zero attached hydrogens (tertiary/aromatic N) is 4. The number of hydrogen-bond donors (Lipinski definition) is 0. The number of sulfone groups is 1. The van der Waals surface area contributed by atoms with Crippen molar-refractivity contribution < 1.29 is 13.2 Å². The molecule has 0 spiro atoms. The quantitative estimate of drug-likeness (QED) is 0.765. The van der Waals surface area contributed by atoms with Crippen LogP contribution in [0.4, 0.5) is 0 Å². The Morgan fingerprint density at radius 1 is 1.48 bits per heavy atom. The van der Waals surface area contributed by atoms with Gasteiger partial charge < -0.3 is 9.30 Å². The van der Waals surface area contributed by atoms with Gasteiger partial charge in [0.05, 0.1) is 19.3 Å². The molecule has 2 atom stereocenters. The van der Waals surface area contributed by atoms with Crippen molar-refractivity contribution in [3.63, 3.8) is 0 Å². The molecule has 0 aromatic carbocycles. The van der Waals surface area contributed by atoms with Crippen molar-refractivity contribution in [1.29, 1.82) is 5.26 Å². The molecule has 3 rings (SSSR count). The monoisotopic (exact) mass is 306 g/mol. The van der Waals surface area contributed by atoms with Crippen LogP contribution in [0.25, 0.3) is 11.0 Å². The summed E-state index contributed by atoms with van der Waals surface area (Å²) in [5.41, 5.74) is 0.900. The van der Waals surface area contributed by atoms with Gasteiger partial charge in [-0.3, -0.25) is 0 Å². The van der Waals surface area contributed by atoms with Gasteiger partial charge in [0.25, 0.3) is 0 Å². The van der Waals surface area contributed by atoms with Gasteiger partial charge in [-0.15, -0.1) is 0 Å². The highest BCUT2D eigenvalue weighted by atomic mass is 32.2. The Labute approximate surface area is 122 Å². The Morgan fingerprint density at radius 3 is 2.81 bits per heavy atom. The van der Waals surface area contributed by atoms with Gasteiger partial charge in [0.2, 0.25) is 15.0 Å². The normalized spacial score (nSPS) is 22.5. The molecule has 0 radical (unpaired) electrons. The van der Waals surface area contributed by atoms with E-state index in [2.05, 4.69) is 16.0 Å². The molecule has 7 nitrogen and oxygen atoms in total. The maximum atomic E-state index is 11.6. The summed E-state index contributed by atoms with van der Waals surface area (Å²) in [6, 6.07) is 3.78. The SMILES string of the molecule is C[C@H]1COC[C@@H]1n1c(C#N)cc2cnc(S(C)(=O)=O)nc21. The van der Waals surface area contributed by atoms with Crippen molar-refractivity contribution in [2.45, 2.75) is 18.1 Å². The van der Waals surface area contributed by atoms with Gasteiger partial charge in [0, 0.05) is 23.8 Å². The second-order valence-corrected chi connectivity index (χ2v) is 7.21. The Morgan fingerprint density at radius 2 is 2.24 bits per heavy atom. The van der Waals surface area contributed by atoms with E-state index in [0.29, 0.717) is 29.9 Å². The van der Waals surface area contributed by atoms with Crippen LogP contribution in [-0.2, 0) is 14.6 Å². The van der Waals surface area contributed by atoms with Crippen LogP contribution in [-0.4, -0.2) is 42.4 Å². The first kappa shape index (κ1) is 14.0. The molecule has 110 valence electrons. The van der Waals surface area contributed by atoms with Gasteiger partial charge in [0.1, 0.15) is 17.4 Å². The first-order chi connectivity index (χ1) is 9.91. The zero-order chi connectivity index (χ0) is 15.2. The molecule has 1 aliphatic heterocycles. The Balaban J connectivity index is 2.28. The summed E-state index contributed by atoms with van der Waals surface area (Å²) in [5, 5.41) is 9.74. The zero-order valence-electron chi connectivity index (χ0n) is 11.6. The zero-order valence-corrected chi connectivity index (χ0v) is 12.5. The predicted molar refractivity (Wildman–Crippen MR) is 74.4 cm³/mol. The third-order valence-corrected chi connectivity index (χ3v) is 4.52. The molecule has 1 fully saturated rings. The Bertz CT molecular complexity index is 850. The standard InChI is InChI=1S/C13H14N4O3S/c1-8-6-20-7-11(8)17-10(4-14)3-9-5-15-13(16-12(9)17)21(2,18)19/h3,5,8,11H,6-7H2,1-2H3/t8-,11-/m0/s1. The maximum absolute atomic E-state index is 11.6. The second kappa shape index (κ2) is 4.79. The van der Waals surface area contributed by atoms with Gasteiger partial charge >= 0.3 is 0 Å². The summed E-state index contributed by atoms with van der Waals surface area (Å²) in [6.07, 6.45) is 2.50. The van der Waals surface area contributed by atoms with Crippen molar-refractivity contribution >= 4 is 20.9 Å². The molecule has 0 unspecified atom stereocenters. The molecule has 1 saturated heterocycles. The summed E-state index contributed by atoms with van der Waals surface area (Å²) in [6.45, 7) is 3.13. The molecule has 0 N–H and O–H groups in total. The third kappa shape index (κ3) is 2.28. The maximum Gasteiger partial charge on any atom is 0.248 e. The summed E-state index contributed by atoms with van der Waals surface area (Å²) < 4.78 is 30.5. The average Bonchev–Trinajstić information content (AvgIpc) is 2.99. The van der Waals surface area contributed by atoms with E-state index in [9.17, 15) is 13.7 Å². The fourth-order valence-electron chi connectivity index (χ4n) is 2.57. The third-order valence-electron chi connectivity index (χ3n) is 3.66. The summed E-state index contributed by atoms with van der Waals surface area (Å²) >= 11 is 0. The molecular formula is C13H14N4O3S. The van der Waals surface area contributed by atoms with E-state index in [1.165, 1.54) is 6.20 Å². The number of ether oxygens (including phenoxy) is 1. The minimum atomic E-state index is -3.50. The van der Waals surface area contributed by atoms with Gasteiger partial charge in [-0.25, -0.2) is 13.4 Å². The fourth-order valence-corrected chi connectivity index (χ4v) is 3.07. The molecule has 8 heteroatoms. The number of hydrogen-bond acceptors (Lipinski definition) is 6. The van der Waals surface area contributed by atoms with E-state index in [-0.39, 0.29) is 17.1 Å². The topological polar surface area (TPSA) is 97.9 Å². The highest BCUT2D eigenvalue weighted by Gasteiger charge is 2.30. The van der Waals surface area contributed by atoms with Crippen molar-refractivity contribution in [1.82, 2.24) is 14.5 Å². The summed E-state index contributed by atoms with van der Waals surface area (Å²) in [4.78, 5) is 8.01. The van der Waals surface area contributed by atoms with E-state index in [4.69, 9.17) is 4.74 Å². The van der Waals surface area contributed by atoms with Crippen LogP contribution in [0, 0.1) is 17.2 Å². The van der Waals surface area contributed by atoms with Crippen LogP contribution in [0.2, 0.25) is 0 Å². The van der Waals surface area contributed by atoms with Gasteiger partial charge in [-0.2, -0.15) is 10.2 Å². The van der Waals surface area contributed by atoms with E-state index in [0.717, 1.165) is 6.26 Å². The fraction of sp³-hybridized carbons (Fsp3) is 0.462. The van der Waals surface area contributed by atoms with Crippen molar-refractivity contribution in [2.75, 3.05) is 19.5 Å². The van der Waals surface area contributed by atoms with Crippen molar-refractivity contribution in [3.8, 4) is 6.07 Å². The van der Waals surface area contributed by atoms with Crippen molar-refractivity contribution in [2.24, 2.45) is 5.92 Å². The molecule has 2 aromatic heterocycles. The van der Waals surface area contributed by atoms with Crippen LogP contribution in [0.5, 0.6) is 0 Å². The predicted octanol–water partition coefficient (Wildman–Crippen LogP) is 0.914. The largest absolute Gasteiger partial charge is 0.379 e. The highest BCUT2D eigenvalue weighted by molar-refractivity contribution is 7.90. The van der Waals surface area contributed by atoms with Crippen LogP contribution >= 0.6 is 0 Å². The number of aromatic nitrogens is 3. The average molecular weight is 306 g/mol. The van der Waals surface area contributed by atoms with Gasteiger partial charge in [-0.05, 0) is 6.07 Å². The summed E-state index contributed by atoms with van der Waals surface area (Å²) in [7, 11) is -3.50. The minimum Gasteiger partial charge on any atom is -0.379 e. The number of nitriles is 1. The van der Waals surface area contributed by atoms with E-state index in [1.807, 2.05) is 6.92 Å². The first-order valence-electron chi connectivity index (χ1n) is 6.47. The Kier molecular flexibility index (Phi) is 3.19. The first-order valence-corrected chi connectivity index (χ1v) is 8.37. The molecule has 1 aliphatic rings. The number of rotatable bonds is 2. The smallest absolute Gasteiger partial charge is 0.248 e. The molecule has 3 heterocycles. The van der Waals surface area contributed by atoms with Crippen LogP contribution in [0.3, 0.4) is 0 Å².